The molecule has 3 rings (SSSR count). The maximum Gasteiger partial charge on any atom is 0.220 e. The fourth-order valence-electron chi connectivity index (χ4n) is 3.46. The number of nitrogens with one attached hydrogen (secondary N) is 2. The lowest BCUT2D eigenvalue weighted by molar-refractivity contribution is -0.123. The fraction of sp³-hybridized carbons (Fsp3) is 0.611. The van der Waals surface area contributed by atoms with Crippen LogP contribution in [0.5, 0.6) is 0 Å². The SMILES string of the molecule is O=C(CCC1CCNC1)NC(c1ccccc1)C1CCCO1. The van der Waals surface area contributed by atoms with Crippen molar-refractivity contribution in [2.75, 3.05) is 19.7 Å². The number of amides is 1. The van der Waals surface area contributed by atoms with Gasteiger partial charge in [-0.25, -0.2) is 0 Å². The minimum Gasteiger partial charge on any atom is -0.376 e. The molecule has 22 heavy (non-hydrogen) atoms. The molecule has 0 aliphatic carbocycles. The third kappa shape index (κ3) is 4.08. The van der Waals surface area contributed by atoms with Gasteiger partial charge in [0.2, 0.25) is 5.91 Å². The van der Waals surface area contributed by atoms with Gasteiger partial charge in [-0.2, -0.15) is 0 Å². The number of rotatable bonds is 6. The molecular weight excluding hydrogens is 276 g/mol. The van der Waals surface area contributed by atoms with Gasteiger partial charge in [-0.05, 0) is 50.3 Å². The highest BCUT2D eigenvalue weighted by molar-refractivity contribution is 5.76. The number of carbonyl (C=O) groups excluding carboxylic acids is 1. The minimum absolute atomic E-state index is 0.0158. The van der Waals surface area contributed by atoms with Gasteiger partial charge in [0, 0.05) is 13.0 Å². The van der Waals surface area contributed by atoms with Gasteiger partial charge in [-0.3, -0.25) is 4.79 Å². The second-order valence-corrected chi connectivity index (χ2v) is 6.40. The first kappa shape index (κ1) is 15.5. The Kier molecular flexibility index (Phi) is 5.46. The Morgan fingerprint density at radius 3 is 2.86 bits per heavy atom. The summed E-state index contributed by atoms with van der Waals surface area (Å²) in [5.41, 5.74) is 1.14. The zero-order chi connectivity index (χ0) is 15.2. The van der Waals surface area contributed by atoms with Gasteiger partial charge in [0.1, 0.15) is 0 Å². The van der Waals surface area contributed by atoms with Gasteiger partial charge in [-0.1, -0.05) is 30.3 Å². The molecule has 4 heteroatoms. The first-order valence-corrected chi connectivity index (χ1v) is 8.49. The molecule has 2 saturated heterocycles. The zero-order valence-corrected chi connectivity index (χ0v) is 13.1. The molecule has 3 atom stereocenters. The Labute approximate surface area is 132 Å². The minimum atomic E-state index is -0.0158. The van der Waals surface area contributed by atoms with E-state index < -0.39 is 0 Å². The Hall–Kier alpha value is -1.39. The van der Waals surface area contributed by atoms with E-state index in [-0.39, 0.29) is 18.1 Å². The van der Waals surface area contributed by atoms with Crippen molar-refractivity contribution in [3.8, 4) is 0 Å². The van der Waals surface area contributed by atoms with Crippen molar-refractivity contribution >= 4 is 5.91 Å². The summed E-state index contributed by atoms with van der Waals surface area (Å²) in [6, 6.07) is 10.2. The highest BCUT2D eigenvalue weighted by Crippen LogP contribution is 2.27. The van der Waals surface area contributed by atoms with E-state index in [2.05, 4.69) is 22.8 Å². The molecule has 2 aliphatic heterocycles. The first-order chi connectivity index (χ1) is 10.8. The number of hydrogen-bond acceptors (Lipinski definition) is 3. The van der Waals surface area contributed by atoms with Crippen LogP contribution < -0.4 is 10.6 Å². The van der Waals surface area contributed by atoms with E-state index in [0.29, 0.717) is 12.3 Å². The molecule has 2 N–H and O–H groups in total. The van der Waals surface area contributed by atoms with Gasteiger partial charge in [0.25, 0.3) is 0 Å². The predicted octanol–water partition coefficient (Wildman–Crippen LogP) is 2.41. The van der Waals surface area contributed by atoms with Crippen molar-refractivity contribution in [2.24, 2.45) is 5.92 Å². The van der Waals surface area contributed by atoms with Gasteiger partial charge in [0.15, 0.2) is 0 Å². The summed E-state index contributed by atoms with van der Waals surface area (Å²) in [6.07, 6.45) is 5.00. The number of benzene rings is 1. The van der Waals surface area contributed by atoms with Crippen LogP contribution in [-0.2, 0) is 9.53 Å². The van der Waals surface area contributed by atoms with Crippen molar-refractivity contribution in [1.29, 1.82) is 0 Å². The second-order valence-electron chi connectivity index (χ2n) is 6.40. The molecule has 0 saturated carbocycles. The fourth-order valence-corrected chi connectivity index (χ4v) is 3.46. The third-order valence-corrected chi connectivity index (χ3v) is 4.75. The smallest absolute Gasteiger partial charge is 0.220 e. The monoisotopic (exact) mass is 302 g/mol. The molecular formula is C18H26N2O2. The normalized spacial score (nSPS) is 26.0. The molecule has 1 aromatic rings. The molecule has 0 bridgehead atoms. The number of carbonyl (C=O) groups is 1. The lowest BCUT2D eigenvalue weighted by Crippen LogP contribution is -2.36. The Bertz CT molecular complexity index is 465. The maximum atomic E-state index is 12.4. The van der Waals surface area contributed by atoms with Crippen LogP contribution in [0.25, 0.3) is 0 Å². The summed E-state index contributed by atoms with van der Waals surface area (Å²) >= 11 is 0. The van der Waals surface area contributed by atoms with Gasteiger partial charge in [-0.15, -0.1) is 0 Å². The average Bonchev–Trinajstić information content (AvgIpc) is 3.25. The Morgan fingerprint density at radius 2 is 2.18 bits per heavy atom. The molecule has 1 aromatic carbocycles. The predicted molar refractivity (Wildman–Crippen MR) is 86.5 cm³/mol. The summed E-state index contributed by atoms with van der Waals surface area (Å²) < 4.78 is 5.82. The Morgan fingerprint density at radius 1 is 1.32 bits per heavy atom. The van der Waals surface area contributed by atoms with Crippen LogP contribution in [0.1, 0.15) is 43.7 Å². The number of hydrogen-bond donors (Lipinski definition) is 2. The summed E-state index contributed by atoms with van der Waals surface area (Å²) in [7, 11) is 0. The topological polar surface area (TPSA) is 50.4 Å². The molecule has 0 aromatic heterocycles. The van der Waals surface area contributed by atoms with E-state index in [0.717, 1.165) is 44.5 Å². The average molecular weight is 302 g/mol. The molecule has 0 radical (unpaired) electrons. The highest BCUT2D eigenvalue weighted by atomic mass is 16.5. The molecule has 3 unspecified atom stereocenters. The van der Waals surface area contributed by atoms with Gasteiger partial charge >= 0.3 is 0 Å². The Balaban J connectivity index is 1.58. The molecule has 120 valence electrons. The quantitative estimate of drug-likeness (QED) is 0.848. The van der Waals surface area contributed by atoms with Gasteiger partial charge < -0.3 is 15.4 Å². The molecule has 1 amide bonds. The zero-order valence-electron chi connectivity index (χ0n) is 13.1. The van der Waals surface area contributed by atoms with E-state index in [1.807, 2.05) is 18.2 Å². The van der Waals surface area contributed by atoms with E-state index in [4.69, 9.17) is 4.74 Å². The summed E-state index contributed by atoms with van der Waals surface area (Å²) in [6.45, 7) is 2.95. The van der Waals surface area contributed by atoms with E-state index >= 15 is 0 Å². The maximum absolute atomic E-state index is 12.4. The largest absolute Gasteiger partial charge is 0.376 e. The molecule has 0 spiro atoms. The van der Waals surface area contributed by atoms with Crippen LogP contribution in [-0.4, -0.2) is 31.7 Å². The van der Waals surface area contributed by atoms with Crippen molar-refractivity contribution in [1.82, 2.24) is 10.6 Å². The van der Waals surface area contributed by atoms with E-state index in [1.165, 1.54) is 6.42 Å². The van der Waals surface area contributed by atoms with Crippen molar-refractivity contribution in [3.05, 3.63) is 35.9 Å². The van der Waals surface area contributed by atoms with Crippen LogP contribution in [0.3, 0.4) is 0 Å². The highest BCUT2D eigenvalue weighted by Gasteiger charge is 2.28. The third-order valence-electron chi connectivity index (χ3n) is 4.75. The van der Waals surface area contributed by atoms with E-state index in [1.54, 1.807) is 0 Å². The summed E-state index contributed by atoms with van der Waals surface area (Å²) in [5, 5.41) is 6.57. The van der Waals surface area contributed by atoms with Crippen LogP contribution >= 0.6 is 0 Å². The summed E-state index contributed by atoms with van der Waals surface area (Å²) in [5.74, 6) is 0.805. The van der Waals surface area contributed by atoms with E-state index in [9.17, 15) is 4.79 Å². The lowest BCUT2D eigenvalue weighted by Gasteiger charge is -2.25. The van der Waals surface area contributed by atoms with Crippen molar-refractivity contribution in [3.63, 3.8) is 0 Å². The number of ether oxygens (including phenoxy) is 1. The molecule has 2 heterocycles. The first-order valence-electron chi connectivity index (χ1n) is 8.49. The van der Waals surface area contributed by atoms with Crippen LogP contribution in [0.15, 0.2) is 30.3 Å². The van der Waals surface area contributed by atoms with Crippen LogP contribution in [0, 0.1) is 5.92 Å². The second kappa shape index (κ2) is 7.75. The lowest BCUT2D eigenvalue weighted by atomic mass is 9.98. The molecule has 4 nitrogen and oxygen atoms in total. The molecule has 2 fully saturated rings. The summed E-state index contributed by atoms with van der Waals surface area (Å²) in [4.78, 5) is 12.4. The standard InChI is InChI=1S/C18H26N2O2/c21-17(9-8-14-10-11-19-13-14)20-18(16-7-4-12-22-16)15-5-2-1-3-6-15/h1-3,5-6,14,16,18-19H,4,7-13H2,(H,20,21). The van der Waals surface area contributed by atoms with Gasteiger partial charge in [0.05, 0.1) is 12.1 Å². The molecule has 2 aliphatic rings. The van der Waals surface area contributed by atoms with Crippen LogP contribution in [0.4, 0.5) is 0 Å². The van der Waals surface area contributed by atoms with Crippen molar-refractivity contribution < 1.29 is 9.53 Å². The van der Waals surface area contributed by atoms with Crippen LogP contribution in [0.2, 0.25) is 0 Å². The van der Waals surface area contributed by atoms with Crippen molar-refractivity contribution in [2.45, 2.75) is 44.2 Å².